The van der Waals surface area contributed by atoms with Crippen LogP contribution >= 0.6 is 0 Å². The number of hydrogen-bond acceptors (Lipinski definition) is 6. The van der Waals surface area contributed by atoms with E-state index in [1.54, 1.807) is 18.2 Å². The Labute approximate surface area is 173 Å². The summed E-state index contributed by atoms with van der Waals surface area (Å²) in [5.41, 5.74) is 7.21. The first-order valence-electron chi connectivity index (χ1n) is 8.89. The summed E-state index contributed by atoms with van der Waals surface area (Å²) in [5, 5.41) is 23.2. The van der Waals surface area contributed by atoms with Crippen molar-refractivity contribution in [1.82, 2.24) is 19.7 Å². The van der Waals surface area contributed by atoms with Crippen molar-refractivity contribution in [3.63, 3.8) is 0 Å². The zero-order valence-electron chi connectivity index (χ0n) is 15.7. The molecule has 0 saturated heterocycles. The second kappa shape index (κ2) is 7.43. The molecule has 2 N–H and O–H groups in total. The highest BCUT2D eigenvalue weighted by Crippen LogP contribution is 2.31. The first kappa shape index (κ1) is 19.9. The van der Waals surface area contributed by atoms with Crippen LogP contribution in [0.25, 0.3) is 22.3 Å². The summed E-state index contributed by atoms with van der Waals surface area (Å²) in [6.45, 7) is 0.0327. The lowest BCUT2D eigenvalue weighted by Crippen LogP contribution is -2.08. The third-order valence-corrected chi connectivity index (χ3v) is 4.56. The monoisotopic (exact) mass is 419 g/mol. The van der Waals surface area contributed by atoms with Gasteiger partial charge >= 0.3 is 6.18 Å². The standard InChI is InChI=1S/C21H12F3N7/c22-21(23,24)16-3-1-2-12(7-16)11-31-19-17(10-28-31)18(29-20(27)30-19)15-5-13(8-25)4-14(6-15)9-26/h1-7,10H,11H2,(H2,27,29,30). The number of rotatable bonds is 3. The summed E-state index contributed by atoms with van der Waals surface area (Å²) in [4.78, 5) is 8.42. The predicted octanol–water partition coefficient (Wildman–Crippen LogP) is 3.89. The third kappa shape index (κ3) is 3.87. The minimum atomic E-state index is -4.45. The van der Waals surface area contributed by atoms with E-state index < -0.39 is 11.7 Å². The summed E-state index contributed by atoms with van der Waals surface area (Å²) in [7, 11) is 0. The first-order chi connectivity index (χ1) is 14.8. The molecule has 4 rings (SSSR count). The average molecular weight is 419 g/mol. The molecule has 0 spiro atoms. The van der Waals surface area contributed by atoms with Gasteiger partial charge in [-0.05, 0) is 35.9 Å². The lowest BCUT2D eigenvalue weighted by molar-refractivity contribution is -0.137. The Kier molecular flexibility index (Phi) is 4.76. The summed E-state index contributed by atoms with van der Waals surface area (Å²) in [5.74, 6) is -0.0749. The molecule has 0 unspecified atom stereocenters. The van der Waals surface area contributed by atoms with Gasteiger partial charge in [-0.25, -0.2) is 9.67 Å². The molecule has 0 bridgehead atoms. The molecule has 2 aromatic heterocycles. The molecule has 2 heterocycles. The first-order valence-corrected chi connectivity index (χ1v) is 8.89. The number of hydrogen-bond donors (Lipinski definition) is 1. The fourth-order valence-electron chi connectivity index (χ4n) is 3.22. The van der Waals surface area contributed by atoms with Crippen LogP contribution in [0.15, 0.2) is 48.7 Å². The fourth-order valence-corrected chi connectivity index (χ4v) is 3.22. The molecular weight excluding hydrogens is 407 g/mol. The van der Waals surface area contributed by atoms with Crippen molar-refractivity contribution in [3.8, 4) is 23.4 Å². The van der Waals surface area contributed by atoms with E-state index in [1.807, 2.05) is 12.1 Å². The molecule has 152 valence electrons. The number of aromatic nitrogens is 4. The number of halogens is 3. The molecule has 10 heteroatoms. The Morgan fingerprint density at radius 1 is 1.00 bits per heavy atom. The Morgan fingerprint density at radius 3 is 2.35 bits per heavy atom. The van der Waals surface area contributed by atoms with Crippen LogP contribution in [-0.4, -0.2) is 19.7 Å². The van der Waals surface area contributed by atoms with Gasteiger partial charge in [-0.2, -0.15) is 33.8 Å². The quantitative estimate of drug-likeness (QED) is 0.538. The molecule has 7 nitrogen and oxygen atoms in total. The van der Waals surface area contributed by atoms with E-state index >= 15 is 0 Å². The van der Waals surface area contributed by atoms with Gasteiger partial charge in [0.05, 0.1) is 52.7 Å². The van der Waals surface area contributed by atoms with E-state index in [-0.39, 0.29) is 23.6 Å². The van der Waals surface area contributed by atoms with Gasteiger partial charge in [0.1, 0.15) is 0 Å². The van der Waals surface area contributed by atoms with Gasteiger partial charge in [0.15, 0.2) is 5.65 Å². The molecule has 0 saturated carbocycles. The summed E-state index contributed by atoms with van der Waals surface area (Å²) < 4.78 is 40.5. The van der Waals surface area contributed by atoms with Crippen LogP contribution in [0.1, 0.15) is 22.3 Å². The second-order valence-corrected chi connectivity index (χ2v) is 6.69. The normalized spacial score (nSPS) is 11.3. The second-order valence-electron chi connectivity index (χ2n) is 6.69. The van der Waals surface area contributed by atoms with Gasteiger partial charge in [0.2, 0.25) is 5.95 Å². The van der Waals surface area contributed by atoms with Crippen molar-refractivity contribution in [3.05, 3.63) is 70.9 Å². The van der Waals surface area contributed by atoms with E-state index in [2.05, 4.69) is 15.1 Å². The Hall–Kier alpha value is -4.44. The van der Waals surface area contributed by atoms with Gasteiger partial charge < -0.3 is 5.73 Å². The van der Waals surface area contributed by atoms with E-state index in [1.165, 1.54) is 23.0 Å². The maximum atomic E-state index is 13.0. The van der Waals surface area contributed by atoms with Gasteiger partial charge in [0.25, 0.3) is 0 Å². The SMILES string of the molecule is N#Cc1cc(C#N)cc(-c2nc(N)nc3c2cnn3Cc2cccc(C(F)(F)F)c2)c1. The summed E-state index contributed by atoms with van der Waals surface area (Å²) in [6.07, 6.45) is -2.98. The molecule has 0 radical (unpaired) electrons. The van der Waals surface area contributed by atoms with Crippen LogP contribution in [-0.2, 0) is 12.7 Å². The van der Waals surface area contributed by atoms with E-state index in [4.69, 9.17) is 5.73 Å². The zero-order valence-corrected chi connectivity index (χ0v) is 15.7. The molecule has 0 fully saturated rings. The van der Waals surface area contributed by atoms with Crippen molar-refractivity contribution < 1.29 is 13.2 Å². The van der Waals surface area contributed by atoms with E-state index in [0.717, 1.165) is 12.1 Å². The Morgan fingerprint density at radius 2 is 1.71 bits per heavy atom. The third-order valence-electron chi connectivity index (χ3n) is 4.56. The van der Waals surface area contributed by atoms with Gasteiger partial charge in [-0.3, -0.25) is 0 Å². The molecular formula is C21H12F3N7. The maximum absolute atomic E-state index is 13.0. The lowest BCUT2D eigenvalue weighted by Gasteiger charge is -2.10. The van der Waals surface area contributed by atoms with E-state index in [9.17, 15) is 23.7 Å². The van der Waals surface area contributed by atoms with Crippen molar-refractivity contribution in [2.45, 2.75) is 12.7 Å². The number of nitrogens with two attached hydrogens (primary N) is 1. The Balaban J connectivity index is 1.82. The molecule has 2 aromatic carbocycles. The van der Waals surface area contributed by atoms with Crippen LogP contribution in [0, 0.1) is 22.7 Å². The van der Waals surface area contributed by atoms with Crippen LogP contribution in [0.5, 0.6) is 0 Å². The minimum absolute atomic E-state index is 0.0327. The molecule has 4 aromatic rings. The van der Waals surface area contributed by atoms with Crippen LogP contribution in [0.4, 0.5) is 19.1 Å². The highest BCUT2D eigenvalue weighted by molar-refractivity contribution is 5.91. The summed E-state index contributed by atoms with van der Waals surface area (Å²) in [6, 6.07) is 13.5. The predicted molar refractivity (Wildman–Crippen MR) is 105 cm³/mol. The largest absolute Gasteiger partial charge is 0.416 e. The molecule has 0 atom stereocenters. The van der Waals surface area contributed by atoms with Crippen LogP contribution in [0.3, 0.4) is 0 Å². The van der Waals surface area contributed by atoms with Crippen LogP contribution < -0.4 is 5.73 Å². The number of nitrogens with zero attached hydrogens (tertiary/aromatic N) is 6. The fraction of sp³-hybridized carbons (Fsp3) is 0.0952. The average Bonchev–Trinajstić information content (AvgIpc) is 3.14. The molecule has 0 aliphatic carbocycles. The lowest BCUT2D eigenvalue weighted by atomic mass is 10.0. The van der Waals surface area contributed by atoms with E-state index in [0.29, 0.717) is 27.9 Å². The van der Waals surface area contributed by atoms with Crippen LogP contribution in [0.2, 0.25) is 0 Å². The number of nitrogen functional groups attached to an aromatic ring is 1. The highest BCUT2D eigenvalue weighted by Gasteiger charge is 2.30. The van der Waals surface area contributed by atoms with Crippen molar-refractivity contribution in [2.24, 2.45) is 0 Å². The molecule has 0 aliphatic heterocycles. The molecule has 0 aliphatic rings. The Bertz CT molecular complexity index is 1360. The number of fused-ring (bicyclic) bond motifs is 1. The summed E-state index contributed by atoms with van der Waals surface area (Å²) >= 11 is 0. The smallest absolute Gasteiger partial charge is 0.368 e. The van der Waals surface area contributed by atoms with Crippen molar-refractivity contribution in [1.29, 1.82) is 10.5 Å². The topological polar surface area (TPSA) is 117 Å². The van der Waals surface area contributed by atoms with Crippen molar-refractivity contribution in [2.75, 3.05) is 5.73 Å². The maximum Gasteiger partial charge on any atom is 0.416 e. The highest BCUT2D eigenvalue weighted by atomic mass is 19.4. The number of benzene rings is 2. The number of nitriles is 2. The van der Waals surface area contributed by atoms with Gasteiger partial charge in [-0.15, -0.1) is 0 Å². The number of alkyl halides is 3. The van der Waals surface area contributed by atoms with Crippen molar-refractivity contribution >= 4 is 17.0 Å². The minimum Gasteiger partial charge on any atom is -0.368 e. The van der Waals surface area contributed by atoms with Gasteiger partial charge in [0, 0.05) is 5.56 Å². The molecule has 31 heavy (non-hydrogen) atoms. The molecule has 0 amide bonds. The number of anilines is 1. The zero-order chi connectivity index (χ0) is 22.2. The van der Waals surface area contributed by atoms with Gasteiger partial charge in [-0.1, -0.05) is 12.1 Å².